The first kappa shape index (κ1) is 15.4. The molecule has 1 rings (SSSR count). The summed E-state index contributed by atoms with van der Waals surface area (Å²) in [5.74, 6) is 2.51. The van der Waals surface area contributed by atoms with Gasteiger partial charge in [-0.2, -0.15) is 0 Å². The minimum atomic E-state index is 0.335. The van der Waals surface area contributed by atoms with Gasteiger partial charge in [-0.25, -0.2) is 0 Å². The predicted molar refractivity (Wildman–Crippen MR) is 73.5 cm³/mol. The van der Waals surface area contributed by atoms with Gasteiger partial charge in [0.25, 0.3) is 0 Å². The minimum absolute atomic E-state index is 0.335. The Bertz CT molecular complexity index is 171. The average molecular weight is 248 g/mol. The van der Waals surface area contributed by atoms with Gasteiger partial charge in [0, 0.05) is 17.4 Å². The molecular formula is C12H24OS2. The lowest BCUT2D eigenvalue weighted by atomic mass is 10.0. The topological polar surface area (TPSA) is 17.1 Å². The van der Waals surface area contributed by atoms with Crippen LogP contribution < -0.4 is 0 Å². The first-order chi connectivity index (χ1) is 7.20. The van der Waals surface area contributed by atoms with Crippen molar-refractivity contribution in [2.75, 3.05) is 5.75 Å². The number of hydrogen-bond donors (Lipinski definition) is 0. The van der Waals surface area contributed by atoms with E-state index in [1.54, 1.807) is 6.92 Å². The highest BCUT2D eigenvalue weighted by atomic mass is 33.1. The minimum Gasteiger partial charge on any atom is -0.300 e. The summed E-state index contributed by atoms with van der Waals surface area (Å²) >= 11 is 0. The smallest absolute Gasteiger partial charge is 0.129 e. The predicted octanol–water partition coefficient (Wildman–Crippen LogP) is 4.56. The second-order valence-electron chi connectivity index (χ2n) is 3.84. The summed E-state index contributed by atoms with van der Waals surface area (Å²) < 4.78 is 0. The van der Waals surface area contributed by atoms with Crippen LogP contribution in [0.3, 0.4) is 0 Å². The molecule has 0 aromatic carbocycles. The molecule has 15 heavy (non-hydrogen) atoms. The maximum absolute atomic E-state index is 10.7. The third kappa shape index (κ3) is 7.29. The molecule has 0 aliphatic carbocycles. The summed E-state index contributed by atoms with van der Waals surface area (Å²) in [6, 6.07) is 0. The molecule has 2 unspecified atom stereocenters. The number of unbranched alkanes of at least 4 members (excludes halogenated alkanes) is 1. The molecule has 0 aromatic heterocycles. The lowest BCUT2D eigenvalue weighted by Crippen LogP contribution is -2.09. The van der Waals surface area contributed by atoms with Crippen molar-refractivity contribution in [2.45, 2.75) is 58.6 Å². The highest BCUT2D eigenvalue weighted by molar-refractivity contribution is 8.77. The fourth-order valence-corrected chi connectivity index (χ4v) is 5.12. The summed E-state index contributed by atoms with van der Waals surface area (Å²) in [6.45, 7) is 8.02. The molecule has 0 aromatic rings. The SMILES string of the molecule is CC.CC(=O)CCCCC1SSCC1C. The van der Waals surface area contributed by atoms with E-state index in [0.29, 0.717) is 5.78 Å². The number of rotatable bonds is 5. The maximum Gasteiger partial charge on any atom is 0.129 e. The van der Waals surface area contributed by atoms with E-state index in [0.717, 1.165) is 24.0 Å². The third-order valence-corrected chi connectivity index (χ3v) is 5.73. The van der Waals surface area contributed by atoms with E-state index >= 15 is 0 Å². The fourth-order valence-electron chi connectivity index (χ4n) is 1.49. The van der Waals surface area contributed by atoms with Crippen molar-refractivity contribution in [3.05, 3.63) is 0 Å². The van der Waals surface area contributed by atoms with E-state index in [2.05, 4.69) is 6.92 Å². The molecule has 0 N–H and O–H groups in total. The van der Waals surface area contributed by atoms with Gasteiger partial charge in [-0.15, -0.1) is 0 Å². The lowest BCUT2D eigenvalue weighted by molar-refractivity contribution is -0.117. The van der Waals surface area contributed by atoms with E-state index in [-0.39, 0.29) is 0 Å². The quantitative estimate of drug-likeness (QED) is 0.524. The molecule has 1 fully saturated rings. The summed E-state index contributed by atoms with van der Waals surface area (Å²) in [7, 11) is 4.05. The number of hydrogen-bond acceptors (Lipinski definition) is 3. The molecule has 90 valence electrons. The fraction of sp³-hybridized carbons (Fsp3) is 0.917. The Morgan fingerprint density at radius 1 is 1.33 bits per heavy atom. The van der Waals surface area contributed by atoms with Crippen molar-refractivity contribution < 1.29 is 4.79 Å². The van der Waals surface area contributed by atoms with Gasteiger partial charge in [0.1, 0.15) is 5.78 Å². The average Bonchev–Trinajstić information content (AvgIpc) is 2.62. The van der Waals surface area contributed by atoms with Crippen LogP contribution >= 0.6 is 21.6 Å². The Morgan fingerprint density at radius 3 is 2.47 bits per heavy atom. The van der Waals surface area contributed by atoms with Crippen LogP contribution in [0.15, 0.2) is 0 Å². The van der Waals surface area contributed by atoms with E-state index < -0.39 is 0 Å². The first-order valence-electron chi connectivity index (χ1n) is 5.98. The second kappa shape index (κ2) is 9.59. The highest BCUT2D eigenvalue weighted by Gasteiger charge is 2.23. The summed E-state index contributed by atoms with van der Waals surface area (Å²) in [5, 5.41) is 0.844. The van der Waals surface area contributed by atoms with Gasteiger partial charge in [0.05, 0.1) is 0 Å². The van der Waals surface area contributed by atoms with Crippen LogP contribution in [0.5, 0.6) is 0 Å². The van der Waals surface area contributed by atoms with Crippen molar-refractivity contribution in [3.63, 3.8) is 0 Å². The molecule has 1 heterocycles. The largest absolute Gasteiger partial charge is 0.300 e. The molecule has 0 saturated carbocycles. The zero-order chi connectivity index (χ0) is 11.7. The van der Waals surface area contributed by atoms with Gasteiger partial charge in [-0.1, -0.05) is 48.8 Å². The van der Waals surface area contributed by atoms with Gasteiger partial charge in [0.15, 0.2) is 0 Å². The van der Waals surface area contributed by atoms with Crippen LogP contribution in [-0.4, -0.2) is 16.8 Å². The Hall–Kier alpha value is 0.370. The molecular weight excluding hydrogens is 224 g/mol. The maximum atomic E-state index is 10.7. The van der Waals surface area contributed by atoms with Crippen molar-refractivity contribution in [1.29, 1.82) is 0 Å². The van der Waals surface area contributed by atoms with E-state index in [1.807, 2.05) is 35.4 Å². The number of Topliss-reactive ketones (excluding diaryl/α,β-unsaturated/α-hetero) is 1. The highest BCUT2D eigenvalue weighted by Crippen LogP contribution is 2.43. The number of carbonyl (C=O) groups excluding carboxylic acids is 1. The molecule has 0 amide bonds. The van der Waals surface area contributed by atoms with Crippen LogP contribution in [0, 0.1) is 5.92 Å². The van der Waals surface area contributed by atoms with Gasteiger partial charge < -0.3 is 4.79 Å². The normalized spacial score (nSPS) is 24.5. The molecule has 2 atom stereocenters. The molecule has 0 bridgehead atoms. The van der Waals surface area contributed by atoms with Crippen molar-refractivity contribution in [1.82, 2.24) is 0 Å². The van der Waals surface area contributed by atoms with Crippen LogP contribution in [-0.2, 0) is 4.79 Å². The lowest BCUT2D eigenvalue weighted by Gasteiger charge is -2.11. The van der Waals surface area contributed by atoms with Crippen LogP contribution in [0.4, 0.5) is 0 Å². The van der Waals surface area contributed by atoms with E-state index in [9.17, 15) is 4.79 Å². The zero-order valence-electron chi connectivity index (χ0n) is 10.4. The molecule has 1 aliphatic rings. The number of carbonyl (C=O) groups is 1. The molecule has 1 saturated heterocycles. The van der Waals surface area contributed by atoms with Gasteiger partial charge >= 0.3 is 0 Å². The van der Waals surface area contributed by atoms with Crippen LogP contribution in [0.1, 0.15) is 53.4 Å². The monoisotopic (exact) mass is 248 g/mol. The van der Waals surface area contributed by atoms with E-state index in [1.165, 1.54) is 18.6 Å². The summed E-state index contributed by atoms with van der Waals surface area (Å²) in [5.41, 5.74) is 0. The van der Waals surface area contributed by atoms with Gasteiger partial charge in [0.2, 0.25) is 0 Å². The van der Waals surface area contributed by atoms with Crippen LogP contribution in [0.25, 0.3) is 0 Å². The molecule has 3 heteroatoms. The summed E-state index contributed by atoms with van der Waals surface area (Å²) in [4.78, 5) is 10.7. The number of ketones is 1. The molecule has 0 spiro atoms. The zero-order valence-corrected chi connectivity index (χ0v) is 12.0. The van der Waals surface area contributed by atoms with Gasteiger partial charge in [-0.3, -0.25) is 0 Å². The van der Waals surface area contributed by atoms with Gasteiger partial charge in [-0.05, 0) is 25.7 Å². The third-order valence-electron chi connectivity index (χ3n) is 2.42. The standard InChI is InChI=1S/C10H18OS2.C2H6/c1-8-7-12-13-10(8)6-4-3-5-9(2)11;1-2/h8,10H,3-7H2,1-2H3;1-2H3. The van der Waals surface area contributed by atoms with Crippen molar-refractivity contribution >= 4 is 27.4 Å². The Kier molecular flexibility index (Phi) is 9.82. The Labute approximate surface area is 103 Å². The Morgan fingerprint density at radius 2 is 2.00 bits per heavy atom. The molecule has 1 nitrogen and oxygen atoms in total. The first-order valence-corrected chi connectivity index (χ1v) is 8.36. The summed E-state index contributed by atoms with van der Waals surface area (Å²) in [6.07, 6.45) is 4.39. The van der Waals surface area contributed by atoms with E-state index in [4.69, 9.17) is 0 Å². The molecule has 0 radical (unpaired) electrons. The second-order valence-corrected chi connectivity index (χ2v) is 6.50. The van der Waals surface area contributed by atoms with Crippen molar-refractivity contribution in [2.24, 2.45) is 5.92 Å². The van der Waals surface area contributed by atoms with Crippen molar-refractivity contribution in [3.8, 4) is 0 Å². The molecule has 1 aliphatic heterocycles. The Balaban J connectivity index is 0.000000921. The van der Waals surface area contributed by atoms with Crippen LogP contribution in [0.2, 0.25) is 0 Å².